The van der Waals surface area contributed by atoms with E-state index in [9.17, 15) is 13.5 Å². The Morgan fingerprint density at radius 1 is 1.33 bits per heavy atom. The molecule has 7 nitrogen and oxygen atoms in total. The van der Waals surface area contributed by atoms with Gasteiger partial charge in [0.25, 0.3) is 0 Å². The quantitative estimate of drug-likeness (QED) is 0.742. The van der Waals surface area contributed by atoms with Gasteiger partial charge >= 0.3 is 0 Å². The van der Waals surface area contributed by atoms with E-state index in [0.29, 0.717) is 24.7 Å². The van der Waals surface area contributed by atoms with Crippen LogP contribution < -0.4 is 14.2 Å². The Morgan fingerprint density at radius 3 is 2.76 bits per heavy atom. The lowest BCUT2D eigenvalue weighted by Crippen LogP contribution is -2.28. The van der Waals surface area contributed by atoms with E-state index >= 15 is 0 Å². The fraction of sp³-hybridized carbons (Fsp3) is 0.538. The summed E-state index contributed by atoms with van der Waals surface area (Å²) in [5.74, 6) is 0.958. The van der Waals surface area contributed by atoms with Gasteiger partial charge in [0.1, 0.15) is 13.2 Å². The summed E-state index contributed by atoms with van der Waals surface area (Å²) < 4.78 is 42.2. The van der Waals surface area contributed by atoms with Crippen LogP contribution in [0.3, 0.4) is 0 Å². The highest BCUT2D eigenvalue weighted by atomic mass is 32.2. The number of fused-ring (bicyclic) bond motifs is 1. The van der Waals surface area contributed by atoms with Crippen LogP contribution in [-0.2, 0) is 14.8 Å². The van der Waals surface area contributed by atoms with E-state index in [1.165, 1.54) is 19.2 Å². The lowest BCUT2D eigenvalue weighted by atomic mass is 10.3. The van der Waals surface area contributed by atoms with Crippen LogP contribution in [0.25, 0.3) is 0 Å². The molecule has 118 valence electrons. The van der Waals surface area contributed by atoms with Crippen molar-refractivity contribution in [1.82, 2.24) is 4.72 Å². The zero-order valence-electron chi connectivity index (χ0n) is 11.7. The zero-order valence-corrected chi connectivity index (χ0v) is 12.6. The Bertz CT molecular complexity index is 574. The number of methoxy groups -OCH3 is 1. The van der Waals surface area contributed by atoms with Gasteiger partial charge < -0.3 is 19.3 Å². The van der Waals surface area contributed by atoms with Gasteiger partial charge in [0.05, 0.1) is 17.6 Å². The number of benzene rings is 1. The van der Waals surface area contributed by atoms with Crippen molar-refractivity contribution in [2.75, 3.05) is 33.5 Å². The molecule has 1 aromatic carbocycles. The average molecular weight is 317 g/mol. The molecule has 0 aromatic heterocycles. The molecule has 2 rings (SSSR count). The van der Waals surface area contributed by atoms with Crippen molar-refractivity contribution in [3.8, 4) is 11.5 Å². The number of aliphatic hydroxyl groups is 1. The van der Waals surface area contributed by atoms with E-state index in [2.05, 4.69) is 4.72 Å². The Labute approximate surface area is 123 Å². The second kappa shape index (κ2) is 7.08. The van der Waals surface area contributed by atoms with Crippen LogP contribution in [0.5, 0.6) is 11.5 Å². The van der Waals surface area contributed by atoms with Gasteiger partial charge in [-0.1, -0.05) is 0 Å². The minimum atomic E-state index is -3.64. The second-order valence-corrected chi connectivity index (χ2v) is 6.37. The monoisotopic (exact) mass is 317 g/mol. The molecule has 21 heavy (non-hydrogen) atoms. The molecular formula is C13H19NO6S. The van der Waals surface area contributed by atoms with E-state index in [4.69, 9.17) is 14.2 Å². The van der Waals surface area contributed by atoms with Gasteiger partial charge in [0.15, 0.2) is 11.5 Å². The van der Waals surface area contributed by atoms with Gasteiger partial charge in [0.2, 0.25) is 10.0 Å². The van der Waals surface area contributed by atoms with Crippen molar-refractivity contribution < 1.29 is 27.7 Å². The van der Waals surface area contributed by atoms with E-state index in [0.717, 1.165) is 0 Å². The Hall–Kier alpha value is -1.35. The fourth-order valence-electron chi connectivity index (χ4n) is 1.91. The van der Waals surface area contributed by atoms with Crippen LogP contribution in [0, 0.1) is 0 Å². The molecule has 0 aliphatic carbocycles. The van der Waals surface area contributed by atoms with E-state index < -0.39 is 16.1 Å². The normalized spacial score (nSPS) is 15.7. The zero-order chi connectivity index (χ0) is 15.3. The molecule has 0 saturated carbocycles. The minimum absolute atomic E-state index is 0.105. The molecule has 0 bridgehead atoms. The number of rotatable bonds is 7. The predicted molar refractivity (Wildman–Crippen MR) is 75.1 cm³/mol. The Balaban J connectivity index is 1.99. The van der Waals surface area contributed by atoms with Gasteiger partial charge in [-0.2, -0.15) is 0 Å². The molecule has 1 unspecified atom stereocenters. The lowest BCUT2D eigenvalue weighted by Gasteiger charge is -2.19. The number of aliphatic hydroxyl groups excluding tert-OH is 1. The van der Waals surface area contributed by atoms with Gasteiger partial charge in [0, 0.05) is 19.7 Å². The van der Waals surface area contributed by atoms with Crippen LogP contribution in [0.15, 0.2) is 23.1 Å². The number of sulfonamides is 1. The summed E-state index contributed by atoms with van der Waals surface area (Å²) >= 11 is 0. The van der Waals surface area contributed by atoms with Crippen molar-refractivity contribution in [2.45, 2.75) is 17.4 Å². The van der Waals surface area contributed by atoms with Gasteiger partial charge in [-0.25, -0.2) is 13.1 Å². The van der Waals surface area contributed by atoms with Crippen LogP contribution >= 0.6 is 0 Å². The molecule has 1 heterocycles. The van der Waals surface area contributed by atoms with Gasteiger partial charge in [-0.3, -0.25) is 0 Å². The maximum Gasteiger partial charge on any atom is 0.240 e. The highest BCUT2D eigenvalue weighted by Gasteiger charge is 2.19. The molecular weight excluding hydrogens is 298 g/mol. The first-order chi connectivity index (χ1) is 10.0. The molecule has 0 amide bonds. The molecule has 1 aliphatic heterocycles. The summed E-state index contributed by atoms with van der Waals surface area (Å²) in [5.41, 5.74) is 0. The average Bonchev–Trinajstić information content (AvgIpc) is 2.47. The topological polar surface area (TPSA) is 94.1 Å². The van der Waals surface area contributed by atoms with E-state index in [1.807, 2.05) is 0 Å². The third-order valence-corrected chi connectivity index (χ3v) is 4.41. The fourth-order valence-corrected chi connectivity index (χ4v) is 2.97. The molecule has 8 heteroatoms. The largest absolute Gasteiger partial charge is 0.486 e. The van der Waals surface area contributed by atoms with Crippen molar-refractivity contribution >= 4 is 10.0 Å². The first kappa shape index (κ1) is 16.0. The number of nitrogens with one attached hydrogen (secondary N) is 1. The smallest absolute Gasteiger partial charge is 0.240 e. The SMILES string of the molecule is COCC(O)CCNS(=O)(=O)c1ccc2c(c1)OCCO2. The molecule has 0 fully saturated rings. The summed E-state index contributed by atoms with van der Waals surface area (Å²) in [7, 11) is -2.17. The standard InChI is InChI=1S/C13H19NO6S/c1-18-9-10(15)4-5-14-21(16,17)11-2-3-12-13(8-11)20-7-6-19-12/h2-3,8,10,14-15H,4-7,9H2,1H3. The molecule has 0 spiro atoms. The van der Waals surface area contributed by atoms with Crippen molar-refractivity contribution in [2.24, 2.45) is 0 Å². The lowest BCUT2D eigenvalue weighted by molar-refractivity contribution is 0.0603. The summed E-state index contributed by atoms with van der Waals surface area (Å²) in [6.07, 6.45) is -0.421. The maximum atomic E-state index is 12.1. The highest BCUT2D eigenvalue weighted by molar-refractivity contribution is 7.89. The minimum Gasteiger partial charge on any atom is -0.486 e. The van der Waals surface area contributed by atoms with Crippen molar-refractivity contribution in [1.29, 1.82) is 0 Å². The molecule has 1 aromatic rings. The Morgan fingerprint density at radius 2 is 2.05 bits per heavy atom. The van der Waals surface area contributed by atoms with Crippen molar-refractivity contribution in [3.63, 3.8) is 0 Å². The summed E-state index contributed by atoms with van der Waals surface area (Å²) in [6.45, 7) is 1.15. The number of hydrogen-bond acceptors (Lipinski definition) is 6. The molecule has 1 aliphatic rings. The van der Waals surface area contributed by atoms with Gasteiger partial charge in [-0.05, 0) is 18.6 Å². The van der Waals surface area contributed by atoms with Crippen molar-refractivity contribution in [3.05, 3.63) is 18.2 Å². The molecule has 0 radical (unpaired) electrons. The molecule has 1 atom stereocenters. The summed E-state index contributed by atoms with van der Waals surface area (Å²) in [5, 5.41) is 9.48. The second-order valence-electron chi connectivity index (χ2n) is 4.60. The van der Waals surface area contributed by atoms with Crippen LogP contribution in [0.4, 0.5) is 0 Å². The molecule has 2 N–H and O–H groups in total. The number of ether oxygens (including phenoxy) is 3. The first-order valence-corrected chi connectivity index (χ1v) is 8.07. The molecule has 0 saturated heterocycles. The van der Waals surface area contributed by atoms with Gasteiger partial charge in [-0.15, -0.1) is 0 Å². The van der Waals surface area contributed by atoms with Crippen LogP contribution in [0.2, 0.25) is 0 Å². The van der Waals surface area contributed by atoms with Crippen LogP contribution in [-0.4, -0.2) is 53.1 Å². The predicted octanol–water partition coefficient (Wildman–Crippen LogP) is 0.133. The van der Waals surface area contributed by atoms with E-state index in [1.54, 1.807) is 6.07 Å². The summed E-state index contributed by atoms with van der Waals surface area (Å²) in [4.78, 5) is 0.105. The summed E-state index contributed by atoms with van der Waals surface area (Å²) in [6, 6.07) is 4.46. The third kappa shape index (κ3) is 4.31. The maximum absolute atomic E-state index is 12.1. The Kier molecular flexibility index (Phi) is 5.40. The van der Waals surface area contributed by atoms with Crippen LogP contribution in [0.1, 0.15) is 6.42 Å². The number of hydrogen-bond donors (Lipinski definition) is 2. The third-order valence-electron chi connectivity index (χ3n) is 2.95. The first-order valence-electron chi connectivity index (χ1n) is 6.59. The highest BCUT2D eigenvalue weighted by Crippen LogP contribution is 2.32. The van der Waals surface area contributed by atoms with E-state index in [-0.39, 0.29) is 24.5 Å².